The van der Waals surface area contributed by atoms with E-state index in [9.17, 15) is 5.11 Å². The van der Waals surface area contributed by atoms with E-state index in [1.165, 1.54) is 0 Å². The number of aliphatic hydroxyl groups excluding tert-OH is 1. The first-order chi connectivity index (χ1) is 5.49. The van der Waals surface area contributed by atoms with Gasteiger partial charge in [0.1, 0.15) is 0 Å². The lowest BCUT2D eigenvalue weighted by molar-refractivity contribution is 0.0680. The summed E-state index contributed by atoms with van der Waals surface area (Å²) in [5.74, 6) is 0.409. The zero-order chi connectivity index (χ0) is 9.72. The maximum Gasteiger partial charge on any atom is 0.0692 e. The second-order valence-electron chi connectivity index (χ2n) is 3.99. The highest BCUT2D eigenvalue weighted by molar-refractivity contribution is 4.68. The number of hydrogen-bond acceptors (Lipinski definition) is 2. The van der Waals surface area contributed by atoms with Gasteiger partial charge in [0.05, 0.1) is 6.10 Å². The molecule has 0 saturated heterocycles. The van der Waals surface area contributed by atoms with E-state index in [-0.39, 0.29) is 6.10 Å². The quantitative estimate of drug-likeness (QED) is 0.684. The maximum atomic E-state index is 9.70. The standard InChI is InChI=1S/C10H23NO/c1-6-9(4)10(12)7-11(5)8(2)3/h8-10,12H,6-7H2,1-5H3. The van der Waals surface area contributed by atoms with Crippen molar-refractivity contribution in [2.75, 3.05) is 13.6 Å². The molecule has 74 valence electrons. The first kappa shape index (κ1) is 11.9. The third-order valence-electron chi connectivity index (χ3n) is 2.66. The van der Waals surface area contributed by atoms with Crippen molar-refractivity contribution >= 4 is 0 Å². The van der Waals surface area contributed by atoms with Crippen LogP contribution in [0.3, 0.4) is 0 Å². The van der Waals surface area contributed by atoms with Crippen LogP contribution >= 0.6 is 0 Å². The minimum absolute atomic E-state index is 0.178. The summed E-state index contributed by atoms with van der Waals surface area (Å²) in [4.78, 5) is 2.18. The van der Waals surface area contributed by atoms with Crippen LogP contribution in [0.5, 0.6) is 0 Å². The van der Waals surface area contributed by atoms with Gasteiger partial charge in [-0.2, -0.15) is 0 Å². The Morgan fingerprint density at radius 2 is 1.75 bits per heavy atom. The van der Waals surface area contributed by atoms with Gasteiger partial charge in [0.2, 0.25) is 0 Å². The van der Waals surface area contributed by atoms with Gasteiger partial charge in [-0.15, -0.1) is 0 Å². The van der Waals surface area contributed by atoms with Gasteiger partial charge in [0.15, 0.2) is 0 Å². The lowest BCUT2D eigenvalue weighted by Crippen LogP contribution is -2.37. The van der Waals surface area contributed by atoms with Crippen molar-refractivity contribution in [3.63, 3.8) is 0 Å². The van der Waals surface area contributed by atoms with Crippen LogP contribution in [-0.2, 0) is 0 Å². The summed E-state index contributed by atoms with van der Waals surface area (Å²) in [7, 11) is 2.05. The second kappa shape index (κ2) is 5.55. The summed E-state index contributed by atoms with van der Waals surface area (Å²) in [6.07, 6.45) is 0.870. The molecule has 0 radical (unpaired) electrons. The Bertz CT molecular complexity index is 114. The fourth-order valence-corrected chi connectivity index (χ4v) is 0.958. The van der Waals surface area contributed by atoms with Crippen molar-refractivity contribution in [3.8, 4) is 0 Å². The average Bonchev–Trinajstić information content (AvgIpc) is 2.02. The first-order valence-corrected chi connectivity index (χ1v) is 4.87. The predicted octanol–water partition coefficient (Wildman–Crippen LogP) is 1.73. The molecule has 0 heterocycles. The van der Waals surface area contributed by atoms with Gasteiger partial charge in [-0.25, -0.2) is 0 Å². The van der Waals surface area contributed by atoms with Gasteiger partial charge in [-0.05, 0) is 26.8 Å². The number of hydrogen-bond donors (Lipinski definition) is 1. The van der Waals surface area contributed by atoms with E-state index in [1.54, 1.807) is 0 Å². The van der Waals surface area contributed by atoms with Crippen LogP contribution < -0.4 is 0 Å². The highest BCUT2D eigenvalue weighted by Crippen LogP contribution is 2.09. The summed E-state index contributed by atoms with van der Waals surface area (Å²) >= 11 is 0. The molecule has 2 unspecified atom stereocenters. The fraction of sp³-hybridized carbons (Fsp3) is 1.00. The first-order valence-electron chi connectivity index (χ1n) is 4.87. The van der Waals surface area contributed by atoms with Crippen LogP contribution in [0.15, 0.2) is 0 Å². The molecule has 0 bridgehead atoms. The summed E-state index contributed by atoms with van der Waals surface area (Å²) in [5.41, 5.74) is 0. The molecule has 12 heavy (non-hydrogen) atoms. The fourth-order valence-electron chi connectivity index (χ4n) is 0.958. The van der Waals surface area contributed by atoms with Crippen molar-refractivity contribution in [2.45, 2.75) is 46.3 Å². The van der Waals surface area contributed by atoms with E-state index in [0.29, 0.717) is 12.0 Å². The van der Waals surface area contributed by atoms with Crippen molar-refractivity contribution in [3.05, 3.63) is 0 Å². The van der Waals surface area contributed by atoms with Crippen molar-refractivity contribution in [1.82, 2.24) is 4.90 Å². The summed E-state index contributed by atoms with van der Waals surface area (Å²) in [5, 5.41) is 9.70. The van der Waals surface area contributed by atoms with Crippen LogP contribution in [0.4, 0.5) is 0 Å². The van der Waals surface area contributed by atoms with Gasteiger partial charge in [0, 0.05) is 12.6 Å². The molecule has 2 atom stereocenters. The number of rotatable bonds is 5. The van der Waals surface area contributed by atoms with Crippen molar-refractivity contribution in [2.24, 2.45) is 5.92 Å². The Balaban J connectivity index is 3.75. The molecule has 2 heteroatoms. The topological polar surface area (TPSA) is 23.5 Å². The summed E-state index contributed by atoms with van der Waals surface area (Å²) in [6, 6.07) is 0.517. The SMILES string of the molecule is CCC(C)C(O)CN(C)C(C)C. The normalized spacial score (nSPS) is 17.0. The molecule has 0 fully saturated rings. The number of nitrogens with zero attached hydrogens (tertiary/aromatic N) is 1. The van der Waals surface area contributed by atoms with Crippen LogP contribution in [-0.4, -0.2) is 35.7 Å². The highest BCUT2D eigenvalue weighted by Gasteiger charge is 2.15. The molecule has 0 aromatic rings. The monoisotopic (exact) mass is 173 g/mol. The molecule has 0 spiro atoms. The molecule has 0 aromatic heterocycles. The zero-order valence-electron chi connectivity index (χ0n) is 9.04. The molecule has 2 nitrogen and oxygen atoms in total. The molecule has 0 amide bonds. The lowest BCUT2D eigenvalue weighted by atomic mass is 10.0. The van der Waals surface area contributed by atoms with Crippen molar-refractivity contribution in [1.29, 1.82) is 0 Å². The van der Waals surface area contributed by atoms with Crippen LogP contribution in [0.25, 0.3) is 0 Å². The number of likely N-dealkylation sites (N-methyl/N-ethyl adjacent to an activating group) is 1. The molecule has 0 aliphatic heterocycles. The van der Waals surface area contributed by atoms with Gasteiger partial charge >= 0.3 is 0 Å². The van der Waals surface area contributed by atoms with Crippen molar-refractivity contribution < 1.29 is 5.11 Å². The minimum atomic E-state index is -0.178. The second-order valence-corrected chi connectivity index (χ2v) is 3.99. The largest absolute Gasteiger partial charge is 0.392 e. The molecular formula is C10H23NO. The van der Waals surface area contributed by atoms with Gasteiger partial charge in [0.25, 0.3) is 0 Å². The molecule has 0 saturated carbocycles. The minimum Gasteiger partial charge on any atom is -0.392 e. The van der Waals surface area contributed by atoms with Gasteiger partial charge < -0.3 is 10.0 Å². The third-order valence-corrected chi connectivity index (χ3v) is 2.66. The Labute approximate surface area is 76.6 Å². The Hall–Kier alpha value is -0.0800. The maximum absolute atomic E-state index is 9.70. The third kappa shape index (κ3) is 4.07. The Kier molecular flexibility index (Phi) is 5.51. The molecule has 1 N–H and O–H groups in total. The van der Waals surface area contributed by atoms with Gasteiger partial charge in [-0.3, -0.25) is 0 Å². The van der Waals surface area contributed by atoms with E-state index in [1.807, 2.05) is 0 Å². The number of aliphatic hydroxyl groups is 1. The molecule has 0 rings (SSSR count). The van der Waals surface area contributed by atoms with Crippen LogP contribution in [0, 0.1) is 5.92 Å². The molecular weight excluding hydrogens is 150 g/mol. The van der Waals surface area contributed by atoms with Crippen LogP contribution in [0.1, 0.15) is 34.1 Å². The summed E-state index contributed by atoms with van der Waals surface area (Å²) < 4.78 is 0. The highest BCUT2D eigenvalue weighted by atomic mass is 16.3. The van der Waals surface area contributed by atoms with E-state index < -0.39 is 0 Å². The van der Waals surface area contributed by atoms with E-state index >= 15 is 0 Å². The van der Waals surface area contributed by atoms with Gasteiger partial charge in [-0.1, -0.05) is 20.3 Å². The van der Waals surface area contributed by atoms with E-state index in [0.717, 1.165) is 13.0 Å². The lowest BCUT2D eigenvalue weighted by Gasteiger charge is -2.26. The Morgan fingerprint density at radius 3 is 2.08 bits per heavy atom. The molecule has 0 aliphatic carbocycles. The molecule has 0 aromatic carbocycles. The van der Waals surface area contributed by atoms with Crippen LogP contribution in [0.2, 0.25) is 0 Å². The molecule has 0 aliphatic rings. The Morgan fingerprint density at radius 1 is 1.25 bits per heavy atom. The summed E-state index contributed by atoms with van der Waals surface area (Å²) in [6.45, 7) is 9.28. The average molecular weight is 173 g/mol. The predicted molar refractivity (Wildman–Crippen MR) is 53.2 cm³/mol. The smallest absolute Gasteiger partial charge is 0.0692 e. The van der Waals surface area contributed by atoms with E-state index in [4.69, 9.17) is 0 Å². The zero-order valence-corrected chi connectivity index (χ0v) is 9.04. The van der Waals surface area contributed by atoms with E-state index in [2.05, 4.69) is 39.6 Å².